The summed E-state index contributed by atoms with van der Waals surface area (Å²) in [5.74, 6) is -3.55. The smallest absolute Gasteiger partial charge is 0.289 e. The topological polar surface area (TPSA) is 66.5 Å². The van der Waals surface area contributed by atoms with Gasteiger partial charge in [-0.1, -0.05) is 12.1 Å². The fourth-order valence-corrected chi connectivity index (χ4v) is 1.05. The lowest BCUT2D eigenvalue weighted by Gasteiger charge is -2.21. The molecule has 0 heterocycles. The van der Waals surface area contributed by atoms with Crippen molar-refractivity contribution in [1.29, 1.82) is 0 Å². The Morgan fingerprint density at radius 1 is 1.43 bits per heavy atom. The third-order valence-corrected chi connectivity index (χ3v) is 1.86. The van der Waals surface area contributed by atoms with Gasteiger partial charge in [-0.15, -0.1) is 0 Å². The van der Waals surface area contributed by atoms with Crippen LogP contribution >= 0.6 is 0 Å². The molecule has 0 spiro atoms. The van der Waals surface area contributed by atoms with Crippen molar-refractivity contribution in [3.8, 4) is 5.75 Å². The van der Waals surface area contributed by atoms with Crippen LogP contribution in [0.3, 0.4) is 0 Å². The zero-order valence-electron chi connectivity index (χ0n) is 7.32. The van der Waals surface area contributed by atoms with E-state index in [0.717, 1.165) is 6.07 Å². The first-order valence-electron chi connectivity index (χ1n) is 4.02. The number of aliphatic hydroxyl groups excluding tert-OH is 1. The first-order chi connectivity index (χ1) is 6.47. The molecule has 14 heavy (non-hydrogen) atoms. The van der Waals surface area contributed by atoms with Crippen molar-refractivity contribution in [3.63, 3.8) is 0 Å². The lowest BCUT2D eigenvalue weighted by atomic mass is 10.0. The first-order valence-corrected chi connectivity index (χ1v) is 4.02. The van der Waals surface area contributed by atoms with Crippen LogP contribution in [0.4, 0.5) is 8.78 Å². The number of aromatic hydroxyl groups is 1. The van der Waals surface area contributed by atoms with Crippen LogP contribution in [0.1, 0.15) is 11.7 Å². The Balaban J connectivity index is 2.94. The van der Waals surface area contributed by atoms with E-state index in [4.69, 9.17) is 10.8 Å². The van der Waals surface area contributed by atoms with Gasteiger partial charge in [0.15, 0.2) is 0 Å². The van der Waals surface area contributed by atoms with E-state index in [1.54, 1.807) is 0 Å². The molecular formula is C9H11F2NO2. The van der Waals surface area contributed by atoms with Gasteiger partial charge >= 0.3 is 0 Å². The molecule has 3 nitrogen and oxygen atoms in total. The summed E-state index contributed by atoms with van der Waals surface area (Å²) in [5, 5.41) is 18.2. The highest BCUT2D eigenvalue weighted by atomic mass is 19.3. The van der Waals surface area contributed by atoms with Crippen molar-refractivity contribution in [3.05, 3.63) is 29.8 Å². The van der Waals surface area contributed by atoms with Crippen LogP contribution in [0.25, 0.3) is 0 Å². The number of halogens is 2. The molecule has 1 unspecified atom stereocenters. The maximum atomic E-state index is 12.9. The quantitative estimate of drug-likeness (QED) is 0.687. The molecule has 0 fully saturated rings. The fraction of sp³-hybridized carbons (Fsp3) is 0.333. The average Bonchev–Trinajstić information content (AvgIpc) is 2.16. The SMILES string of the molecule is NCC(F)(F)C(O)c1cccc(O)c1. The van der Waals surface area contributed by atoms with Crippen LogP contribution in [0.15, 0.2) is 24.3 Å². The van der Waals surface area contributed by atoms with Gasteiger partial charge in [0, 0.05) is 0 Å². The number of phenolic OH excluding ortho intramolecular Hbond substituents is 1. The number of nitrogens with two attached hydrogens (primary N) is 1. The summed E-state index contributed by atoms with van der Waals surface area (Å²) < 4.78 is 25.8. The Morgan fingerprint density at radius 2 is 2.07 bits per heavy atom. The molecule has 1 rings (SSSR count). The number of alkyl halides is 2. The summed E-state index contributed by atoms with van der Waals surface area (Å²) in [5.41, 5.74) is 4.75. The maximum Gasteiger partial charge on any atom is 0.289 e. The molecule has 0 radical (unpaired) electrons. The standard InChI is InChI=1S/C9H11F2NO2/c10-9(11,5-12)8(14)6-2-1-3-7(13)4-6/h1-4,8,13-14H,5,12H2. The maximum absolute atomic E-state index is 12.9. The second-order valence-corrected chi connectivity index (χ2v) is 2.96. The lowest BCUT2D eigenvalue weighted by molar-refractivity contribution is -0.102. The summed E-state index contributed by atoms with van der Waals surface area (Å²) >= 11 is 0. The first kappa shape index (κ1) is 10.9. The van der Waals surface area contributed by atoms with Gasteiger partial charge in [-0.3, -0.25) is 0 Å². The molecule has 0 aliphatic rings. The minimum absolute atomic E-state index is 0.0551. The molecule has 1 atom stereocenters. The number of hydrogen-bond donors (Lipinski definition) is 3. The molecule has 0 amide bonds. The predicted octanol–water partition coefficient (Wildman–Crippen LogP) is 1.02. The molecule has 78 valence electrons. The van der Waals surface area contributed by atoms with Crippen molar-refractivity contribution < 1.29 is 19.0 Å². The zero-order chi connectivity index (χ0) is 10.8. The largest absolute Gasteiger partial charge is 0.508 e. The minimum atomic E-state index is -3.38. The Morgan fingerprint density at radius 3 is 2.57 bits per heavy atom. The highest BCUT2D eigenvalue weighted by Crippen LogP contribution is 2.31. The molecule has 0 aromatic heterocycles. The van der Waals surface area contributed by atoms with Gasteiger partial charge in [0.1, 0.15) is 11.9 Å². The molecule has 1 aromatic carbocycles. The zero-order valence-corrected chi connectivity index (χ0v) is 7.32. The van der Waals surface area contributed by atoms with Crippen molar-refractivity contribution in [2.24, 2.45) is 5.73 Å². The third-order valence-electron chi connectivity index (χ3n) is 1.86. The Labute approximate surface area is 79.8 Å². The van der Waals surface area contributed by atoms with Gasteiger partial charge in [0.05, 0.1) is 6.54 Å². The van der Waals surface area contributed by atoms with Gasteiger partial charge in [0.25, 0.3) is 5.92 Å². The van der Waals surface area contributed by atoms with E-state index in [9.17, 15) is 13.9 Å². The summed E-state index contributed by atoms with van der Waals surface area (Å²) in [7, 11) is 0. The normalized spacial score (nSPS) is 14.0. The molecule has 0 bridgehead atoms. The van der Waals surface area contributed by atoms with E-state index in [0.29, 0.717) is 0 Å². The summed E-state index contributed by atoms with van der Waals surface area (Å²) in [6.45, 7) is -0.941. The van der Waals surface area contributed by atoms with Gasteiger partial charge in [-0.25, -0.2) is 8.78 Å². The lowest BCUT2D eigenvalue weighted by Crippen LogP contribution is -2.34. The molecule has 4 N–H and O–H groups in total. The Hall–Kier alpha value is -1.20. The van der Waals surface area contributed by atoms with E-state index >= 15 is 0 Å². The number of benzene rings is 1. The van der Waals surface area contributed by atoms with E-state index in [1.165, 1.54) is 18.2 Å². The molecule has 0 saturated carbocycles. The number of rotatable bonds is 3. The van der Waals surface area contributed by atoms with E-state index in [1.807, 2.05) is 0 Å². The summed E-state index contributed by atoms with van der Waals surface area (Å²) in [4.78, 5) is 0. The molecule has 0 saturated heterocycles. The Bertz CT molecular complexity index is 317. The third kappa shape index (κ3) is 2.18. The van der Waals surface area contributed by atoms with Gasteiger partial charge in [0.2, 0.25) is 0 Å². The van der Waals surface area contributed by atoms with E-state index < -0.39 is 18.6 Å². The van der Waals surface area contributed by atoms with E-state index in [-0.39, 0.29) is 11.3 Å². The number of phenols is 1. The summed E-state index contributed by atoms with van der Waals surface area (Å²) in [6.07, 6.45) is -1.99. The van der Waals surface area contributed by atoms with Gasteiger partial charge in [-0.05, 0) is 17.7 Å². The van der Waals surface area contributed by atoms with Crippen LogP contribution in [-0.2, 0) is 0 Å². The molecule has 1 aromatic rings. The minimum Gasteiger partial charge on any atom is -0.508 e. The summed E-state index contributed by atoms with van der Waals surface area (Å²) in [6, 6.07) is 5.08. The van der Waals surface area contributed by atoms with Crippen LogP contribution in [0.2, 0.25) is 0 Å². The van der Waals surface area contributed by atoms with Crippen LogP contribution in [-0.4, -0.2) is 22.7 Å². The van der Waals surface area contributed by atoms with Crippen molar-refractivity contribution in [2.45, 2.75) is 12.0 Å². The van der Waals surface area contributed by atoms with Crippen molar-refractivity contribution >= 4 is 0 Å². The van der Waals surface area contributed by atoms with Crippen LogP contribution in [0, 0.1) is 0 Å². The Kier molecular flexibility index (Phi) is 3.03. The average molecular weight is 203 g/mol. The number of hydrogen-bond acceptors (Lipinski definition) is 3. The van der Waals surface area contributed by atoms with Gasteiger partial charge < -0.3 is 15.9 Å². The van der Waals surface area contributed by atoms with Crippen molar-refractivity contribution in [1.82, 2.24) is 0 Å². The second-order valence-electron chi connectivity index (χ2n) is 2.96. The second kappa shape index (κ2) is 3.89. The predicted molar refractivity (Wildman–Crippen MR) is 47.1 cm³/mol. The van der Waals surface area contributed by atoms with Crippen LogP contribution < -0.4 is 5.73 Å². The highest BCUT2D eigenvalue weighted by Gasteiger charge is 2.37. The highest BCUT2D eigenvalue weighted by molar-refractivity contribution is 5.29. The van der Waals surface area contributed by atoms with Crippen LogP contribution in [0.5, 0.6) is 5.75 Å². The molecular weight excluding hydrogens is 192 g/mol. The van der Waals surface area contributed by atoms with Crippen molar-refractivity contribution in [2.75, 3.05) is 6.54 Å². The fourth-order valence-electron chi connectivity index (χ4n) is 1.05. The molecule has 0 aliphatic carbocycles. The monoisotopic (exact) mass is 203 g/mol. The van der Waals surface area contributed by atoms with E-state index in [2.05, 4.69) is 0 Å². The van der Waals surface area contributed by atoms with Gasteiger partial charge in [-0.2, -0.15) is 0 Å². The molecule has 0 aliphatic heterocycles. The number of aliphatic hydroxyl groups is 1. The molecule has 5 heteroatoms.